The summed E-state index contributed by atoms with van der Waals surface area (Å²) >= 11 is 0. The second-order valence-electron chi connectivity index (χ2n) is 26.6. The van der Waals surface area contributed by atoms with Crippen molar-refractivity contribution < 1.29 is 80.2 Å². The minimum Gasteiger partial charge on any atom is -0.462 e. The summed E-state index contributed by atoms with van der Waals surface area (Å²) in [5, 5.41) is 10.6. The maximum atomic E-state index is 13.1. The number of rotatable bonds is 75. The lowest BCUT2D eigenvalue weighted by Gasteiger charge is -2.21. The van der Waals surface area contributed by atoms with Crippen molar-refractivity contribution in [3.63, 3.8) is 0 Å². The van der Waals surface area contributed by atoms with Gasteiger partial charge in [0.25, 0.3) is 0 Å². The van der Waals surface area contributed by atoms with Crippen molar-refractivity contribution in [3.05, 3.63) is 134 Å². The van der Waals surface area contributed by atoms with Crippen LogP contribution in [0, 0.1) is 0 Å². The molecule has 0 aromatic rings. The van der Waals surface area contributed by atoms with Gasteiger partial charge >= 0.3 is 39.5 Å². The number of hydrogen-bond donors (Lipinski definition) is 3. The number of ether oxygens (including phenoxy) is 4. The standard InChI is InChI=1S/C85H144O17P2/c1-5-9-13-17-21-25-29-33-36-38-39-41-44-47-50-54-58-62-66-70-83(88)95-75-80(101-84(89)71-67-63-59-55-51-45-32-28-24-20-16-12-8-4)77-99-103(91,92)97-73-79(86)74-98-104(93,94)100-78-81(102-85(90)72-68-64-60-56-52-48-42-35-31-27-23-19-15-11-7-3)76-96-82(87)69-65-61-57-53-49-46-43-40-37-34-30-26-22-18-14-10-6-2/h9-10,13-14,21-22,25-26,28,32-34,36-37,39,41,43,46-47,50,53,57,79-81,86H,5-8,11-12,15-20,23-24,27,29-31,35,38,40,42,44-45,48-49,51-52,54-56,58-78H2,1-4H3,(H,91,92)(H,93,94)/b13-9-,14-10-,25-21-,26-22-,32-28-,36-33-,37-34-,41-39-,46-43-,50-47-,57-53-. The molecule has 0 aromatic heterocycles. The van der Waals surface area contributed by atoms with Gasteiger partial charge in [-0.15, -0.1) is 0 Å². The van der Waals surface area contributed by atoms with Crippen LogP contribution in [0.2, 0.25) is 0 Å². The first kappa shape index (κ1) is 99.2. The molecule has 3 N–H and O–H groups in total. The Hall–Kier alpha value is -4.80. The van der Waals surface area contributed by atoms with Crippen LogP contribution in [0.4, 0.5) is 0 Å². The van der Waals surface area contributed by atoms with Crippen LogP contribution in [0.3, 0.4) is 0 Å². The molecule has 0 saturated heterocycles. The molecule has 104 heavy (non-hydrogen) atoms. The summed E-state index contributed by atoms with van der Waals surface area (Å²) in [6.45, 7) is 4.55. The van der Waals surface area contributed by atoms with Gasteiger partial charge in [-0.2, -0.15) is 0 Å². The zero-order valence-corrected chi connectivity index (χ0v) is 66.9. The quantitative estimate of drug-likeness (QED) is 0.0169. The number of aliphatic hydroxyl groups is 1. The van der Waals surface area contributed by atoms with Gasteiger partial charge in [0, 0.05) is 25.7 Å². The fourth-order valence-electron chi connectivity index (χ4n) is 10.5. The van der Waals surface area contributed by atoms with Gasteiger partial charge in [-0.1, -0.05) is 296 Å². The van der Waals surface area contributed by atoms with Crippen LogP contribution < -0.4 is 0 Å². The molecule has 19 heteroatoms. The zero-order valence-electron chi connectivity index (χ0n) is 65.2. The second-order valence-corrected chi connectivity index (χ2v) is 29.5. The van der Waals surface area contributed by atoms with Gasteiger partial charge in [-0.3, -0.25) is 37.3 Å². The Morgan fingerprint density at radius 1 is 0.279 bits per heavy atom. The Kier molecular flexibility index (Phi) is 72.9. The Balaban J connectivity index is 5.42. The number of aliphatic hydroxyl groups excluding tert-OH is 1. The molecule has 0 aliphatic carbocycles. The molecule has 0 amide bonds. The summed E-state index contributed by atoms with van der Waals surface area (Å²) in [5.74, 6) is -2.28. The number of hydrogen-bond acceptors (Lipinski definition) is 15. The molecule has 0 aliphatic rings. The minimum absolute atomic E-state index is 0.0736. The van der Waals surface area contributed by atoms with Gasteiger partial charge < -0.3 is 33.8 Å². The predicted octanol–water partition coefficient (Wildman–Crippen LogP) is 23.7. The number of phosphoric acid groups is 2. The van der Waals surface area contributed by atoms with E-state index in [9.17, 15) is 43.2 Å². The normalized spacial score (nSPS) is 14.6. The third kappa shape index (κ3) is 75.4. The third-order valence-electron chi connectivity index (χ3n) is 16.6. The summed E-state index contributed by atoms with van der Waals surface area (Å²) in [7, 11) is -9.99. The Morgan fingerprint density at radius 2 is 0.510 bits per heavy atom. The third-order valence-corrected chi connectivity index (χ3v) is 18.5. The largest absolute Gasteiger partial charge is 0.472 e. The average molecular weight is 1500 g/mol. The molecule has 0 radical (unpaired) electrons. The highest BCUT2D eigenvalue weighted by Gasteiger charge is 2.30. The highest BCUT2D eigenvalue weighted by atomic mass is 31.2. The van der Waals surface area contributed by atoms with E-state index in [2.05, 4.69) is 149 Å². The Labute approximate surface area is 631 Å². The van der Waals surface area contributed by atoms with Crippen LogP contribution in [-0.2, 0) is 65.4 Å². The number of allylic oxidation sites excluding steroid dienone is 22. The van der Waals surface area contributed by atoms with Crippen LogP contribution in [0.1, 0.15) is 323 Å². The van der Waals surface area contributed by atoms with Crippen molar-refractivity contribution in [2.45, 2.75) is 341 Å². The van der Waals surface area contributed by atoms with Crippen molar-refractivity contribution >= 4 is 39.5 Å². The molecule has 596 valence electrons. The van der Waals surface area contributed by atoms with E-state index < -0.39 is 97.5 Å². The van der Waals surface area contributed by atoms with Gasteiger partial charge in [0.05, 0.1) is 26.4 Å². The number of carbonyl (C=O) groups excluding carboxylic acids is 4. The van der Waals surface area contributed by atoms with Gasteiger partial charge in [-0.25, -0.2) is 9.13 Å². The molecule has 5 atom stereocenters. The molecular weight excluding hydrogens is 1350 g/mol. The summed E-state index contributed by atoms with van der Waals surface area (Å²) in [6, 6.07) is 0. The van der Waals surface area contributed by atoms with Crippen molar-refractivity contribution in [2.24, 2.45) is 0 Å². The smallest absolute Gasteiger partial charge is 0.462 e. The zero-order chi connectivity index (χ0) is 76.0. The summed E-state index contributed by atoms with van der Waals surface area (Å²) < 4.78 is 68.6. The highest BCUT2D eigenvalue weighted by molar-refractivity contribution is 7.47. The summed E-state index contributed by atoms with van der Waals surface area (Å²) in [6.07, 6.45) is 85.8. The van der Waals surface area contributed by atoms with E-state index in [4.69, 9.17) is 37.0 Å². The maximum absolute atomic E-state index is 13.1. The van der Waals surface area contributed by atoms with E-state index in [1.165, 1.54) is 89.9 Å². The number of esters is 4. The first-order chi connectivity index (χ1) is 50.7. The molecular formula is C85H144O17P2. The summed E-state index contributed by atoms with van der Waals surface area (Å²) in [5.41, 5.74) is 0. The van der Waals surface area contributed by atoms with Gasteiger partial charge in [0.1, 0.15) is 19.3 Å². The van der Waals surface area contributed by atoms with Crippen molar-refractivity contribution in [2.75, 3.05) is 39.6 Å². The minimum atomic E-state index is -4.99. The SMILES string of the molecule is CC/C=C\C/C=C\C/C=C\C/C=C\C/C=C\CCCCCC(=O)OCC(COP(=O)(O)OCC(O)COP(=O)(O)OCC(COC(=O)CCC/C=C\C/C=C\C/C=C\C/C=C\C/C=C\CC)OC(=O)CCCCCCCCCCCCCCCCC)OC(=O)CCCCCCC/C=C\CCCCCC. The molecule has 0 bridgehead atoms. The first-order valence-corrected chi connectivity index (χ1v) is 43.4. The van der Waals surface area contributed by atoms with Crippen molar-refractivity contribution in [1.29, 1.82) is 0 Å². The molecule has 5 unspecified atom stereocenters. The van der Waals surface area contributed by atoms with Crippen LogP contribution in [0.5, 0.6) is 0 Å². The fraction of sp³-hybridized carbons (Fsp3) is 0.694. The van der Waals surface area contributed by atoms with Crippen molar-refractivity contribution in [3.8, 4) is 0 Å². The number of unbranched alkanes of at least 4 members (excludes halogenated alkanes) is 27. The average Bonchev–Trinajstić information content (AvgIpc) is 0.939. The Morgan fingerprint density at radius 3 is 0.837 bits per heavy atom. The molecule has 0 spiro atoms. The molecule has 17 nitrogen and oxygen atoms in total. The van der Waals surface area contributed by atoms with Gasteiger partial charge in [-0.05, 0) is 135 Å². The van der Waals surface area contributed by atoms with E-state index in [1.54, 1.807) is 0 Å². The topological polar surface area (TPSA) is 237 Å². The Bertz CT molecular complexity index is 2490. The lowest BCUT2D eigenvalue weighted by atomic mass is 10.0. The second kappa shape index (κ2) is 76.4. The van der Waals surface area contributed by atoms with Gasteiger partial charge in [0.2, 0.25) is 0 Å². The predicted molar refractivity (Wildman–Crippen MR) is 427 cm³/mol. The lowest BCUT2D eigenvalue weighted by Crippen LogP contribution is -2.30. The molecule has 0 heterocycles. The van der Waals surface area contributed by atoms with Crippen LogP contribution in [0.25, 0.3) is 0 Å². The van der Waals surface area contributed by atoms with E-state index in [-0.39, 0.29) is 25.7 Å². The van der Waals surface area contributed by atoms with Crippen LogP contribution in [-0.4, -0.2) is 96.7 Å². The first-order valence-electron chi connectivity index (χ1n) is 40.4. The van der Waals surface area contributed by atoms with E-state index >= 15 is 0 Å². The summed E-state index contributed by atoms with van der Waals surface area (Å²) in [4.78, 5) is 73.0. The maximum Gasteiger partial charge on any atom is 0.472 e. The molecule has 0 aromatic carbocycles. The molecule has 0 aliphatic heterocycles. The molecule has 0 fully saturated rings. The van der Waals surface area contributed by atoms with Crippen molar-refractivity contribution in [1.82, 2.24) is 0 Å². The van der Waals surface area contributed by atoms with Crippen LogP contribution in [0.15, 0.2) is 134 Å². The lowest BCUT2D eigenvalue weighted by molar-refractivity contribution is -0.161. The number of phosphoric ester groups is 2. The molecule has 0 rings (SSSR count). The van der Waals surface area contributed by atoms with E-state index in [0.717, 1.165) is 148 Å². The monoisotopic (exact) mass is 1500 g/mol. The number of carbonyl (C=O) groups is 4. The molecule has 0 saturated carbocycles. The highest BCUT2D eigenvalue weighted by Crippen LogP contribution is 2.45. The van der Waals surface area contributed by atoms with E-state index in [1.807, 2.05) is 12.2 Å². The fourth-order valence-corrected chi connectivity index (χ4v) is 12.1. The van der Waals surface area contributed by atoms with E-state index in [0.29, 0.717) is 32.1 Å². The van der Waals surface area contributed by atoms with Crippen LogP contribution >= 0.6 is 15.6 Å². The van der Waals surface area contributed by atoms with Gasteiger partial charge in [0.15, 0.2) is 12.2 Å².